The lowest BCUT2D eigenvalue weighted by molar-refractivity contribution is -0.148. The van der Waals surface area contributed by atoms with Gasteiger partial charge >= 0.3 is 0 Å². The lowest BCUT2D eigenvalue weighted by Gasteiger charge is -2.60. The Morgan fingerprint density at radius 1 is 0.958 bits per heavy atom. The highest BCUT2D eigenvalue weighted by Gasteiger charge is 2.60. The van der Waals surface area contributed by atoms with Crippen molar-refractivity contribution in [2.24, 2.45) is 34.5 Å². The van der Waals surface area contributed by atoms with Gasteiger partial charge in [-0.05, 0) is 93.3 Å². The highest BCUT2D eigenvalue weighted by molar-refractivity contribution is 5.79. The lowest BCUT2D eigenvalue weighted by atomic mass is 9.45. The van der Waals surface area contributed by atoms with Gasteiger partial charge < -0.3 is 4.74 Å². The number of hydrogen-bond acceptors (Lipinski definition) is 2. The van der Waals surface area contributed by atoms with Crippen LogP contribution in [0.2, 0.25) is 0 Å². The smallest absolute Gasteiger partial charge is 0.133 e. The first-order chi connectivity index (χ1) is 11.3. The molecule has 0 aromatic carbocycles. The number of fused-ring (bicyclic) bond motifs is 5. The number of ether oxygens (including phenoxy) is 1. The van der Waals surface area contributed by atoms with E-state index in [1.807, 2.05) is 0 Å². The van der Waals surface area contributed by atoms with E-state index in [0.717, 1.165) is 37.0 Å². The molecule has 7 atom stereocenters. The van der Waals surface area contributed by atoms with E-state index in [4.69, 9.17) is 4.74 Å². The molecule has 0 aromatic heterocycles. The zero-order valence-corrected chi connectivity index (χ0v) is 16.1. The zero-order valence-electron chi connectivity index (χ0n) is 16.1. The number of Topliss-reactive ketones (excluding diaryl/α,β-unsaturated/α-hetero) is 1. The van der Waals surface area contributed by atoms with Gasteiger partial charge in [-0.1, -0.05) is 13.8 Å². The van der Waals surface area contributed by atoms with E-state index in [2.05, 4.69) is 27.7 Å². The number of rotatable bonds is 2. The van der Waals surface area contributed by atoms with Crippen molar-refractivity contribution >= 4 is 5.78 Å². The topological polar surface area (TPSA) is 26.3 Å². The van der Waals surface area contributed by atoms with Crippen molar-refractivity contribution in [1.82, 2.24) is 0 Å². The molecule has 4 aliphatic carbocycles. The number of carbonyl (C=O) groups excluding carboxylic acids is 1. The van der Waals surface area contributed by atoms with Crippen LogP contribution in [0.5, 0.6) is 0 Å². The minimum absolute atomic E-state index is 0.348. The molecule has 0 N–H and O–H groups in total. The molecule has 136 valence electrons. The minimum Gasteiger partial charge on any atom is -0.375 e. The first kappa shape index (κ1) is 17.1. The molecule has 24 heavy (non-hydrogen) atoms. The van der Waals surface area contributed by atoms with Crippen LogP contribution in [0, 0.1) is 34.5 Å². The molecule has 0 heterocycles. The Labute approximate surface area is 148 Å². The van der Waals surface area contributed by atoms with Crippen molar-refractivity contribution in [1.29, 1.82) is 0 Å². The van der Waals surface area contributed by atoms with E-state index in [1.54, 1.807) is 0 Å². The number of hydrogen-bond donors (Lipinski definition) is 0. The summed E-state index contributed by atoms with van der Waals surface area (Å²) >= 11 is 0. The third-order valence-electron chi connectivity index (χ3n) is 8.83. The third kappa shape index (κ3) is 2.42. The fraction of sp³-hybridized carbons (Fsp3) is 0.955. The summed E-state index contributed by atoms with van der Waals surface area (Å²) < 4.78 is 6.36. The Hall–Kier alpha value is -0.370. The van der Waals surface area contributed by atoms with Gasteiger partial charge in [-0.25, -0.2) is 0 Å². The molecule has 4 fully saturated rings. The number of ketones is 1. The van der Waals surface area contributed by atoms with Gasteiger partial charge in [0.25, 0.3) is 0 Å². The van der Waals surface area contributed by atoms with Crippen molar-refractivity contribution in [3.8, 4) is 0 Å². The largest absolute Gasteiger partial charge is 0.375 e. The van der Waals surface area contributed by atoms with Crippen molar-refractivity contribution in [3.63, 3.8) is 0 Å². The van der Waals surface area contributed by atoms with Gasteiger partial charge in [-0.15, -0.1) is 0 Å². The second-order valence-corrected chi connectivity index (χ2v) is 10.2. The molecule has 0 radical (unpaired) electrons. The standard InChI is InChI=1S/C22H36O2/c1-14(2)24-20-8-7-18-17-6-5-15-13-16(23)9-11-21(15,3)19(17)10-12-22(18,20)4/h14-15,17-20H,5-13H2,1-4H3/t15-,17?,18-,19?,20-,21?,22?/m0/s1. The summed E-state index contributed by atoms with van der Waals surface area (Å²) in [6.07, 6.45) is 11.7. The predicted octanol–water partition coefficient (Wildman–Crippen LogP) is 5.39. The van der Waals surface area contributed by atoms with Crippen LogP contribution in [-0.4, -0.2) is 18.0 Å². The quantitative estimate of drug-likeness (QED) is 0.677. The van der Waals surface area contributed by atoms with E-state index in [1.165, 1.54) is 38.5 Å². The maximum absolute atomic E-state index is 12.0. The van der Waals surface area contributed by atoms with Gasteiger partial charge in [0.1, 0.15) is 5.78 Å². The first-order valence-corrected chi connectivity index (χ1v) is 10.5. The second-order valence-electron chi connectivity index (χ2n) is 10.2. The average molecular weight is 333 g/mol. The molecule has 2 heteroatoms. The Morgan fingerprint density at radius 2 is 1.71 bits per heavy atom. The summed E-state index contributed by atoms with van der Waals surface area (Å²) in [6, 6.07) is 0. The molecule has 2 nitrogen and oxygen atoms in total. The van der Waals surface area contributed by atoms with Crippen LogP contribution in [0.4, 0.5) is 0 Å². The highest BCUT2D eigenvalue weighted by Crippen LogP contribution is 2.66. The van der Waals surface area contributed by atoms with Gasteiger partial charge in [0.15, 0.2) is 0 Å². The maximum atomic E-state index is 12.0. The van der Waals surface area contributed by atoms with Crippen molar-refractivity contribution in [2.75, 3.05) is 0 Å². The molecule has 4 rings (SSSR count). The molecule has 0 amide bonds. The monoisotopic (exact) mass is 332 g/mol. The highest BCUT2D eigenvalue weighted by atomic mass is 16.5. The van der Waals surface area contributed by atoms with Gasteiger partial charge in [0, 0.05) is 12.8 Å². The molecule has 0 aromatic rings. The molecular formula is C22H36O2. The lowest BCUT2D eigenvalue weighted by Crippen LogP contribution is -2.54. The normalized spacial score (nSPS) is 51.2. The van der Waals surface area contributed by atoms with E-state index in [9.17, 15) is 4.79 Å². The molecule has 0 saturated heterocycles. The van der Waals surface area contributed by atoms with E-state index < -0.39 is 0 Å². The zero-order chi connectivity index (χ0) is 17.1. The Bertz CT molecular complexity index is 512. The summed E-state index contributed by atoms with van der Waals surface area (Å²) in [4.78, 5) is 12.0. The fourth-order valence-corrected chi connectivity index (χ4v) is 7.55. The van der Waals surface area contributed by atoms with E-state index in [0.29, 0.717) is 34.7 Å². The number of carbonyl (C=O) groups is 1. The maximum Gasteiger partial charge on any atom is 0.133 e. The van der Waals surface area contributed by atoms with E-state index >= 15 is 0 Å². The summed E-state index contributed by atoms with van der Waals surface area (Å²) in [7, 11) is 0. The third-order valence-corrected chi connectivity index (χ3v) is 8.83. The minimum atomic E-state index is 0.348. The van der Waals surface area contributed by atoms with Gasteiger partial charge in [-0.2, -0.15) is 0 Å². The van der Waals surface area contributed by atoms with Crippen LogP contribution in [0.25, 0.3) is 0 Å². The molecular weight excluding hydrogens is 296 g/mol. The molecule has 4 saturated carbocycles. The second kappa shape index (κ2) is 5.83. The fourth-order valence-electron chi connectivity index (χ4n) is 7.55. The van der Waals surface area contributed by atoms with Crippen molar-refractivity contribution in [2.45, 2.75) is 97.7 Å². The molecule has 0 aliphatic heterocycles. The average Bonchev–Trinajstić information content (AvgIpc) is 2.84. The summed E-state index contributed by atoms with van der Waals surface area (Å²) in [6.45, 7) is 9.45. The predicted molar refractivity (Wildman–Crippen MR) is 96.7 cm³/mol. The summed E-state index contributed by atoms with van der Waals surface area (Å²) in [5, 5.41) is 0. The Morgan fingerprint density at radius 3 is 2.46 bits per heavy atom. The van der Waals surface area contributed by atoms with Crippen LogP contribution in [-0.2, 0) is 9.53 Å². The Kier molecular flexibility index (Phi) is 4.14. The summed E-state index contributed by atoms with van der Waals surface area (Å²) in [5.41, 5.74) is 0.842. The Balaban J connectivity index is 1.57. The molecule has 4 unspecified atom stereocenters. The van der Waals surface area contributed by atoms with Crippen LogP contribution in [0.15, 0.2) is 0 Å². The van der Waals surface area contributed by atoms with Crippen LogP contribution in [0.1, 0.15) is 85.5 Å². The van der Waals surface area contributed by atoms with Crippen molar-refractivity contribution in [3.05, 3.63) is 0 Å². The van der Waals surface area contributed by atoms with Gasteiger partial charge in [-0.3, -0.25) is 4.79 Å². The molecule has 0 spiro atoms. The van der Waals surface area contributed by atoms with Crippen molar-refractivity contribution < 1.29 is 9.53 Å². The first-order valence-electron chi connectivity index (χ1n) is 10.5. The summed E-state index contributed by atoms with van der Waals surface area (Å²) in [5.74, 6) is 3.81. The molecule has 0 bridgehead atoms. The van der Waals surface area contributed by atoms with E-state index in [-0.39, 0.29) is 0 Å². The van der Waals surface area contributed by atoms with Crippen LogP contribution in [0.3, 0.4) is 0 Å². The van der Waals surface area contributed by atoms with Gasteiger partial charge in [0.05, 0.1) is 12.2 Å². The van der Waals surface area contributed by atoms with Gasteiger partial charge in [0.2, 0.25) is 0 Å². The SMILES string of the molecule is CC(C)O[C@H]1CC[C@H]2C3CC[C@H]4CC(=O)CCC4(C)C3CCC12C. The molecule has 4 aliphatic rings. The van der Waals surface area contributed by atoms with Crippen LogP contribution < -0.4 is 0 Å². The van der Waals surface area contributed by atoms with Crippen LogP contribution >= 0.6 is 0 Å².